The number of amides is 2. The van der Waals surface area contributed by atoms with Gasteiger partial charge < -0.3 is 10.6 Å². The predicted octanol–water partition coefficient (Wildman–Crippen LogP) is 3.16. The first kappa shape index (κ1) is 18.1. The number of benzene rings is 2. The molecule has 2 aromatic carbocycles. The van der Waals surface area contributed by atoms with Crippen LogP contribution in [0.5, 0.6) is 0 Å². The average Bonchev–Trinajstić information content (AvgIpc) is 3.40. The first-order valence-electron chi connectivity index (χ1n) is 9.00. The number of aromatic nitrogens is 2. The van der Waals surface area contributed by atoms with Crippen LogP contribution in [0.15, 0.2) is 48.5 Å². The highest BCUT2D eigenvalue weighted by atomic mass is 32.1. The Bertz CT molecular complexity index is 1010. The summed E-state index contributed by atoms with van der Waals surface area (Å²) < 4.78 is 0. The van der Waals surface area contributed by atoms with Gasteiger partial charge in [-0.15, -0.1) is 10.2 Å². The summed E-state index contributed by atoms with van der Waals surface area (Å²) in [6.45, 7) is 1.97. The van der Waals surface area contributed by atoms with E-state index in [1.165, 1.54) is 11.3 Å². The molecule has 1 aliphatic heterocycles. The van der Waals surface area contributed by atoms with Crippen molar-refractivity contribution in [1.29, 1.82) is 0 Å². The van der Waals surface area contributed by atoms with Gasteiger partial charge in [0.25, 0.3) is 5.91 Å². The van der Waals surface area contributed by atoms with E-state index in [4.69, 9.17) is 5.73 Å². The third-order valence-electron chi connectivity index (χ3n) is 4.64. The molecule has 1 saturated heterocycles. The fourth-order valence-corrected chi connectivity index (χ4v) is 3.93. The quantitative estimate of drug-likeness (QED) is 0.693. The van der Waals surface area contributed by atoms with Gasteiger partial charge >= 0.3 is 0 Å². The maximum Gasteiger partial charge on any atom is 0.257 e. The number of anilines is 2. The van der Waals surface area contributed by atoms with Gasteiger partial charge in [-0.3, -0.25) is 14.9 Å². The molecule has 0 spiro atoms. The minimum atomic E-state index is -0.468. The maximum absolute atomic E-state index is 12.6. The highest BCUT2D eigenvalue weighted by Crippen LogP contribution is 2.27. The lowest BCUT2D eigenvalue weighted by molar-refractivity contribution is 0.0997. The Morgan fingerprint density at radius 1 is 0.964 bits per heavy atom. The summed E-state index contributed by atoms with van der Waals surface area (Å²) in [4.78, 5) is 26.0. The van der Waals surface area contributed by atoms with Gasteiger partial charge in [-0.25, -0.2) is 0 Å². The Hall–Kier alpha value is -3.26. The van der Waals surface area contributed by atoms with Crippen LogP contribution in [0.1, 0.15) is 33.6 Å². The fraction of sp³-hybridized carbons (Fsp3) is 0.200. The highest BCUT2D eigenvalue weighted by Gasteiger charge is 2.18. The number of primary amides is 1. The van der Waals surface area contributed by atoms with E-state index in [0.29, 0.717) is 16.3 Å². The van der Waals surface area contributed by atoms with Crippen LogP contribution in [0.4, 0.5) is 10.3 Å². The molecule has 1 fully saturated rings. The molecule has 8 heteroatoms. The smallest absolute Gasteiger partial charge is 0.257 e. The van der Waals surface area contributed by atoms with Crippen molar-refractivity contribution in [2.24, 2.45) is 5.73 Å². The van der Waals surface area contributed by atoms with Gasteiger partial charge in [0, 0.05) is 24.2 Å². The lowest BCUT2D eigenvalue weighted by Crippen LogP contribution is -2.17. The van der Waals surface area contributed by atoms with Crippen LogP contribution in [-0.4, -0.2) is 35.1 Å². The minimum absolute atomic E-state index is 0.236. The summed E-state index contributed by atoms with van der Waals surface area (Å²) in [5.74, 6) is -0.704. The normalized spacial score (nSPS) is 13.5. The van der Waals surface area contributed by atoms with Gasteiger partial charge in [0.1, 0.15) is 0 Å². The molecule has 28 heavy (non-hydrogen) atoms. The van der Waals surface area contributed by atoms with Gasteiger partial charge in [-0.1, -0.05) is 35.6 Å². The summed E-state index contributed by atoms with van der Waals surface area (Å²) in [7, 11) is 0. The molecule has 142 valence electrons. The molecule has 2 amide bonds. The van der Waals surface area contributed by atoms with E-state index in [1.54, 1.807) is 24.3 Å². The van der Waals surface area contributed by atoms with Crippen LogP contribution >= 0.6 is 11.3 Å². The molecule has 7 nitrogen and oxygen atoms in total. The number of nitrogens with zero attached hydrogens (tertiary/aromatic N) is 3. The zero-order valence-corrected chi connectivity index (χ0v) is 15.9. The van der Waals surface area contributed by atoms with Crippen LogP contribution in [0, 0.1) is 0 Å². The Morgan fingerprint density at radius 2 is 1.71 bits per heavy atom. The number of hydrogen-bond donors (Lipinski definition) is 2. The Labute approximate surface area is 166 Å². The molecular weight excluding hydrogens is 374 g/mol. The Morgan fingerprint density at radius 3 is 2.43 bits per heavy atom. The molecule has 2 heterocycles. The van der Waals surface area contributed by atoms with E-state index >= 15 is 0 Å². The number of carbonyl (C=O) groups excluding carboxylic acids is 2. The van der Waals surface area contributed by atoms with Crippen molar-refractivity contribution in [2.75, 3.05) is 23.3 Å². The van der Waals surface area contributed by atoms with Crippen molar-refractivity contribution in [3.63, 3.8) is 0 Å². The van der Waals surface area contributed by atoms with Crippen molar-refractivity contribution in [3.05, 3.63) is 59.7 Å². The second-order valence-electron chi connectivity index (χ2n) is 6.56. The molecule has 1 aromatic heterocycles. The van der Waals surface area contributed by atoms with E-state index in [0.717, 1.165) is 42.2 Å². The standard InChI is InChI=1S/C20H19N5O2S/c21-17(26)14-8-6-13(7-9-14)15-4-3-5-16(12-15)18(27)22-19-23-24-20(28-19)25-10-1-2-11-25/h3-9,12H,1-2,10-11H2,(H2,21,26)(H,22,23,27). The maximum atomic E-state index is 12.6. The van der Waals surface area contributed by atoms with Crippen molar-refractivity contribution in [3.8, 4) is 11.1 Å². The molecule has 0 bridgehead atoms. The van der Waals surface area contributed by atoms with Gasteiger partial charge in [0.2, 0.25) is 16.2 Å². The van der Waals surface area contributed by atoms with E-state index < -0.39 is 5.91 Å². The first-order valence-corrected chi connectivity index (χ1v) is 9.82. The van der Waals surface area contributed by atoms with Crippen LogP contribution < -0.4 is 16.0 Å². The Kier molecular flexibility index (Phi) is 5.03. The zero-order chi connectivity index (χ0) is 19.5. The minimum Gasteiger partial charge on any atom is -0.366 e. The van der Waals surface area contributed by atoms with Crippen LogP contribution in [0.25, 0.3) is 11.1 Å². The van der Waals surface area contributed by atoms with E-state index in [9.17, 15) is 9.59 Å². The van der Waals surface area contributed by atoms with Crippen molar-refractivity contribution < 1.29 is 9.59 Å². The SMILES string of the molecule is NC(=O)c1ccc(-c2cccc(C(=O)Nc3nnc(N4CCCC4)s3)c2)cc1. The Balaban J connectivity index is 1.49. The van der Waals surface area contributed by atoms with Crippen LogP contribution in [0.2, 0.25) is 0 Å². The second kappa shape index (κ2) is 7.77. The number of nitrogens with two attached hydrogens (primary N) is 1. The number of carbonyl (C=O) groups is 2. The average molecular weight is 393 g/mol. The second-order valence-corrected chi connectivity index (χ2v) is 7.52. The lowest BCUT2D eigenvalue weighted by Gasteiger charge is -2.10. The largest absolute Gasteiger partial charge is 0.366 e. The zero-order valence-electron chi connectivity index (χ0n) is 15.1. The molecule has 1 aliphatic rings. The number of rotatable bonds is 5. The molecular formula is C20H19N5O2S. The third kappa shape index (κ3) is 3.86. The number of nitrogens with one attached hydrogen (secondary N) is 1. The van der Waals surface area contributed by atoms with E-state index in [-0.39, 0.29) is 5.91 Å². The third-order valence-corrected chi connectivity index (χ3v) is 5.54. The topological polar surface area (TPSA) is 101 Å². The van der Waals surface area contributed by atoms with Gasteiger partial charge in [-0.05, 0) is 48.2 Å². The summed E-state index contributed by atoms with van der Waals surface area (Å²) in [6.07, 6.45) is 2.32. The van der Waals surface area contributed by atoms with Crippen molar-refractivity contribution >= 4 is 33.4 Å². The summed E-state index contributed by atoms with van der Waals surface area (Å²) in [5.41, 5.74) is 8.01. The molecule has 0 aliphatic carbocycles. The van der Waals surface area contributed by atoms with Gasteiger partial charge in [0.15, 0.2) is 0 Å². The van der Waals surface area contributed by atoms with Gasteiger partial charge in [0.05, 0.1) is 0 Å². The highest BCUT2D eigenvalue weighted by molar-refractivity contribution is 7.19. The summed E-state index contributed by atoms with van der Waals surface area (Å²) in [6, 6.07) is 14.2. The molecule has 4 rings (SSSR count). The lowest BCUT2D eigenvalue weighted by atomic mass is 10.0. The summed E-state index contributed by atoms with van der Waals surface area (Å²) >= 11 is 1.39. The first-order chi connectivity index (χ1) is 13.6. The van der Waals surface area contributed by atoms with Crippen LogP contribution in [0.3, 0.4) is 0 Å². The summed E-state index contributed by atoms with van der Waals surface area (Å²) in [5, 5.41) is 12.4. The fourth-order valence-electron chi connectivity index (χ4n) is 3.14. The molecule has 3 N–H and O–H groups in total. The van der Waals surface area contributed by atoms with Crippen LogP contribution in [-0.2, 0) is 0 Å². The monoisotopic (exact) mass is 393 g/mol. The van der Waals surface area contributed by atoms with Crippen molar-refractivity contribution in [2.45, 2.75) is 12.8 Å². The number of hydrogen-bond acceptors (Lipinski definition) is 6. The molecule has 3 aromatic rings. The molecule has 0 atom stereocenters. The molecule has 0 unspecified atom stereocenters. The van der Waals surface area contributed by atoms with E-state index in [2.05, 4.69) is 20.4 Å². The predicted molar refractivity (Wildman–Crippen MR) is 110 cm³/mol. The van der Waals surface area contributed by atoms with Crippen molar-refractivity contribution in [1.82, 2.24) is 10.2 Å². The molecule has 0 radical (unpaired) electrons. The molecule has 0 saturated carbocycles. The van der Waals surface area contributed by atoms with Gasteiger partial charge in [-0.2, -0.15) is 0 Å². The van der Waals surface area contributed by atoms with E-state index in [1.807, 2.05) is 24.3 Å².